The van der Waals surface area contributed by atoms with Crippen molar-refractivity contribution in [3.63, 3.8) is 0 Å². The van der Waals surface area contributed by atoms with Crippen molar-refractivity contribution in [1.29, 1.82) is 0 Å². The number of nitrogen functional groups attached to an aromatic ring is 1. The van der Waals surface area contributed by atoms with Crippen LogP contribution in [0.2, 0.25) is 0 Å². The molecule has 0 heterocycles. The van der Waals surface area contributed by atoms with Crippen LogP contribution in [-0.4, -0.2) is 12.5 Å². The van der Waals surface area contributed by atoms with E-state index in [4.69, 9.17) is 10.5 Å². The lowest BCUT2D eigenvalue weighted by Gasteiger charge is -2.11. The van der Waals surface area contributed by atoms with Gasteiger partial charge in [0.2, 0.25) is 0 Å². The molecule has 3 N–H and O–H groups in total. The number of carbonyl (C=O) groups excluding carboxylic acids is 1. The van der Waals surface area contributed by atoms with E-state index in [0.29, 0.717) is 29.1 Å². The summed E-state index contributed by atoms with van der Waals surface area (Å²) in [4.78, 5) is 11.8. The average molecular weight is 300 g/mol. The third-order valence-corrected chi connectivity index (χ3v) is 3.02. The van der Waals surface area contributed by atoms with Crippen molar-refractivity contribution in [3.05, 3.63) is 72.1 Å². The van der Waals surface area contributed by atoms with E-state index < -0.39 is 0 Å². The van der Waals surface area contributed by atoms with Gasteiger partial charge < -0.3 is 15.8 Å². The highest BCUT2D eigenvalue weighted by Crippen LogP contribution is 2.24. The fraction of sp³-hybridized carbons (Fsp3) is 0.118. The molecule has 0 radical (unpaired) electrons. The van der Waals surface area contributed by atoms with E-state index in [1.807, 2.05) is 0 Å². The quantitative estimate of drug-likeness (QED) is 0.637. The molecule has 0 saturated carbocycles. The predicted octanol–water partition coefficient (Wildman–Crippen LogP) is 2.90. The van der Waals surface area contributed by atoms with Gasteiger partial charge in [0.25, 0.3) is 5.91 Å². The van der Waals surface area contributed by atoms with Crippen molar-refractivity contribution in [2.45, 2.75) is 6.61 Å². The summed E-state index contributed by atoms with van der Waals surface area (Å²) in [6, 6.07) is 11.1. The van der Waals surface area contributed by atoms with E-state index >= 15 is 0 Å². The Kier molecular flexibility index (Phi) is 5.14. The number of carbonyl (C=O) groups is 1. The van der Waals surface area contributed by atoms with Gasteiger partial charge >= 0.3 is 0 Å². The number of benzene rings is 2. The van der Waals surface area contributed by atoms with Gasteiger partial charge in [-0.25, -0.2) is 4.39 Å². The van der Waals surface area contributed by atoms with Gasteiger partial charge in [0.15, 0.2) is 0 Å². The van der Waals surface area contributed by atoms with Gasteiger partial charge in [0.05, 0.1) is 5.69 Å². The summed E-state index contributed by atoms with van der Waals surface area (Å²) in [7, 11) is 0. The second-order valence-electron chi connectivity index (χ2n) is 4.63. The second-order valence-corrected chi connectivity index (χ2v) is 4.63. The van der Waals surface area contributed by atoms with Crippen LogP contribution >= 0.6 is 0 Å². The number of halogens is 1. The Balaban J connectivity index is 2.05. The molecule has 0 saturated heterocycles. The monoisotopic (exact) mass is 300 g/mol. The minimum absolute atomic E-state index is 0.0683. The normalized spacial score (nSPS) is 10.0. The topological polar surface area (TPSA) is 64.3 Å². The van der Waals surface area contributed by atoms with E-state index in [1.165, 1.54) is 12.1 Å². The third kappa shape index (κ3) is 3.85. The minimum atomic E-state index is -0.332. The summed E-state index contributed by atoms with van der Waals surface area (Å²) in [6.07, 6.45) is 1.59. The van der Waals surface area contributed by atoms with E-state index in [9.17, 15) is 9.18 Å². The summed E-state index contributed by atoms with van der Waals surface area (Å²) < 4.78 is 19.0. The van der Waals surface area contributed by atoms with Crippen LogP contribution in [0.3, 0.4) is 0 Å². The Hall–Kier alpha value is -2.82. The van der Waals surface area contributed by atoms with Crippen LogP contribution in [0.5, 0.6) is 5.75 Å². The van der Waals surface area contributed by atoms with Gasteiger partial charge in [-0.3, -0.25) is 4.79 Å². The highest BCUT2D eigenvalue weighted by Gasteiger charge is 2.09. The van der Waals surface area contributed by atoms with Crippen molar-refractivity contribution in [3.8, 4) is 5.75 Å². The first-order valence-electron chi connectivity index (χ1n) is 6.76. The summed E-state index contributed by atoms with van der Waals surface area (Å²) in [5.74, 6) is -0.169. The molecule has 0 unspecified atom stereocenters. The Labute approximate surface area is 128 Å². The highest BCUT2D eigenvalue weighted by atomic mass is 19.1. The lowest BCUT2D eigenvalue weighted by molar-refractivity contribution is 0.0958. The molecule has 2 aromatic rings. The summed E-state index contributed by atoms with van der Waals surface area (Å²) in [5.41, 5.74) is 7.06. The predicted molar refractivity (Wildman–Crippen MR) is 84.1 cm³/mol. The molecule has 22 heavy (non-hydrogen) atoms. The molecule has 0 aliphatic rings. The molecule has 2 rings (SSSR count). The van der Waals surface area contributed by atoms with Crippen LogP contribution in [0.25, 0.3) is 0 Å². The van der Waals surface area contributed by atoms with Gasteiger partial charge in [0.1, 0.15) is 18.2 Å². The number of hydrogen-bond acceptors (Lipinski definition) is 3. The van der Waals surface area contributed by atoms with Crippen molar-refractivity contribution in [2.75, 3.05) is 12.3 Å². The van der Waals surface area contributed by atoms with E-state index in [2.05, 4.69) is 11.9 Å². The maximum absolute atomic E-state index is 13.5. The van der Waals surface area contributed by atoms with Gasteiger partial charge in [-0.15, -0.1) is 6.58 Å². The van der Waals surface area contributed by atoms with Crippen LogP contribution in [0, 0.1) is 5.82 Å². The number of hydrogen-bond donors (Lipinski definition) is 2. The molecule has 1 amide bonds. The second kappa shape index (κ2) is 7.26. The van der Waals surface area contributed by atoms with Crippen LogP contribution in [0.15, 0.2) is 55.1 Å². The van der Waals surface area contributed by atoms with Crippen molar-refractivity contribution in [1.82, 2.24) is 5.32 Å². The molecule has 5 heteroatoms. The van der Waals surface area contributed by atoms with Crippen LogP contribution in [-0.2, 0) is 6.61 Å². The fourth-order valence-corrected chi connectivity index (χ4v) is 1.86. The SMILES string of the molecule is C=CCNC(=O)c1ccc(OCc2ccccc2F)c(N)c1. The first-order valence-corrected chi connectivity index (χ1v) is 6.76. The van der Waals surface area contributed by atoms with Crippen LogP contribution in [0.4, 0.5) is 10.1 Å². The molecule has 114 valence electrons. The number of amides is 1. The van der Waals surface area contributed by atoms with E-state index in [-0.39, 0.29) is 18.3 Å². The first kappa shape index (κ1) is 15.6. The Morgan fingerprint density at radius 3 is 2.77 bits per heavy atom. The van der Waals surface area contributed by atoms with Crippen molar-refractivity contribution in [2.24, 2.45) is 0 Å². The van der Waals surface area contributed by atoms with E-state index in [0.717, 1.165) is 0 Å². The molecular weight excluding hydrogens is 283 g/mol. The summed E-state index contributed by atoms with van der Waals surface area (Å²) in [5, 5.41) is 2.66. The number of ether oxygens (including phenoxy) is 1. The Morgan fingerprint density at radius 1 is 1.32 bits per heavy atom. The summed E-state index contributed by atoms with van der Waals surface area (Å²) >= 11 is 0. The zero-order valence-corrected chi connectivity index (χ0v) is 12.0. The molecule has 4 nitrogen and oxygen atoms in total. The third-order valence-electron chi connectivity index (χ3n) is 3.02. The Morgan fingerprint density at radius 2 is 2.09 bits per heavy atom. The molecule has 2 aromatic carbocycles. The molecule has 0 aliphatic carbocycles. The maximum atomic E-state index is 13.5. The number of nitrogens with one attached hydrogen (secondary N) is 1. The molecule has 0 spiro atoms. The van der Waals surface area contributed by atoms with Crippen molar-refractivity contribution >= 4 is 11.6 Å². The number of anilines is 1. The lowest BCUT2D eigenvalue weighted by Crippen LogP contribution is -2.23. The van der Waals surface area contributed by atoms with Crippen LogP contribution < -0.4 is 15.8 Å². The maximum Gasteiger partial charge on any atom is 0.251 e. The zero-order chi connectivity index (χ0) is 15.9. The van der Waals surface area contributed by atoms with Gasteiger partial charge in [0, 0.05) is 17.7 Å². The number of rotatable bonds is 6. The summed E-state index contributed by atoms with van der Waals surface area (Å²) in [6.45, 7) is 3.98. The van der Waals surface area contributed by atoms with E-state index in [1.54, 1.807) is 36.4 Å². The molecule has 0 aliphatic heterocycles. The minimum Gasteiger partial charge on any atom is -0.487 e. The van der Waals surface area contributed by atoms with Gasteiger partial charge in [-0.1, -0.05) is 24.3 Å². The molecular formula is C17H17FN2O2. The standard InChI is InChI=1S/C17H17FN2O2/c1-2-9-20-17(21)12-7-8-16(15(19)10-12)22-11-13-5-3-4-6-14(13)18/h2-8,10H,1,9,11,19H2,(H,20,21). The highest BCUT2D eigenvalue weighted by molar-refractivity contribution is 5.95. The zero-order valence-electron chi connectivity index (χ0n) is 12.0. The lowest BCUT2D eigenvalue weighted by atomic mass is 10.1. The smallest absolute Gasteiger partial charge is 0.251 e. The number of nitrogens with two attached hydrogens (primary N) is 1. The first-order chi connectivity index (χ1) is 10.6. The fourth-order valence-electron chi connectivity index (χ4n) is 1.86. The van der Waals surface area contributed by atoms with Crippen LogP contribution in [0.1, 0.15) is 15.9 Å². The van der Waals surface area contributed by atoms with Gasteiger partial charge in [-0.2, -0.15) is 0 Å². The van der Waals surface area contributed by atoms with Crippen molar-refractivity contribution < 1.29 is 13.9 Å². The largest absolute Gasteiger partial charge is 0.487 e. The molecule has 0 aromatic heterocycles. The average Bonchev–Trinajstić information content (AvgIpc) is 2.52. The molecule has 0 fully saturated rings. The molecule has 0 bridgehead atoms. The Bertz CT molecular complexity index is 686. The molecule has 0 atom stereocenters. The van der Waals surface area contributed by atoms with Gasteiger partial charge in [-0.05, 0) is 24.3 Å².